The Kier molecular flexibility index (Phi) is 13.6. The summed E-state index contributed by atoms with van der Waals surface area (Å²) in [4.78, 5) is 51.8. The average molecular weight is 690 g/mol. The molecule has 49 heavy (non-hydrogen) atoms. The highest BCUT2D eigenvalue weighted by molar-refractivity contribution is 5.90. The first kappa shape index (κ1) is 37.4. The van der Waals surface area contributed by atoms with Crippen molar-refractivity contribution in [2.24, 2.45) is 0 Å². The Morgan fingerprint density at radius 1 is 1.00 bits per heavy atom. The van der Waals surface area contributed by atoms with Crippen LogP contribution in [0.3, 0.4) is 0 Å². The van der Waals surface area contributed by atoms with Crippen LogP contribution in [0.15, 0.2) is 53.3 Å². The van der Waals surface area contributed by atoms with Crippen molar-refractivity contribution in [1.29, 1.82) is 0 Å². The summed E-state index contributed by atoms with van der Waals surface area (Å²) in [5.74, 6) is -2.53. The van der Waals surface area contributed by atoms with Crippen LogP contribution in [-0.2, 0) is 25.5 Å². The Labute approximate surface area is 281 Å². The summed E-state index contributed by atoms with van der Waals surface area (Å²) in [6.45, 7) is 2.56. The first-order chi connectivity index (χ1) is 23.4. The minimum absolute atomic E-state index is 0.0700. The third kappa shape index (κ3) is 11.9. The van der Waals surface area contributed by atoms with E-state index in [1.807, 2.05) is 23.1 Å². The zero-order valence-corrected chi connectivity index (χ0v) is 27.0. The molecule has 0 spiro atoms. The van der Waals surface area contributed by atoms with Gasteiger partial charge in [-0.3, -0.25) is 14.4 Å². The number of esters is 1. The summed E-state index contributed by atoms with van der Waals surface area (Å²) in [7, 11) is 0. The fraction of sp³-hybridized carbons (Fsp3) is 0.471. The van der Waals surface area contributed by atoms with Gasteiger partial charge in [0.05, 0.1) is 11.6 Å². The van der Waals surface area contributed by atoms with E-state index >= 15 is 0 Å². The molecule has 1 aromatic heterocycles. The Bertz CT molecular complexity index is 1640. The predicted octanol–water partition coefficient (Wildman–Crippen LogP) is 3.28. The summed E-state index contributed by atoms with van der Waals surface area (Å²) in [6.07, 6.45) is -3.71. The van der Waals surface area contributed by atoms with Gasteiger partial charge in [0.2, 0.25) is 17.4 Å². The molecular formula is C34H42F3N5O7. The fourth-order valence-electron chi connectivity index (χ4n) is 5.61. The van der Waals surface area contributed by atoms with Gasteiger partial charge in [-0.25, -0.2) is 4.79 Å². The van der Waals surface area contributed by atoms with E-state index in [0.29, 0.717) is 68.6 Å². The Balaban J connectivity index is 1.06. The number of aromatic amines is 1. The number of aliphatic hydroxyl groups excluding tert-OH is 1. The molecule has 1 aliphatic rings. The van der Waals surface area contributed by atoms with Gasteiger partial charge in [-0.15, -0.1) is 0 Å². The number of aromatic nitrogens is 1. The Morgan fingerprint density at radius 2 is 1.78 bits per heavy atom. The number of pyridine rings is 1. The molecule has 4 rings (SSSR count). The highest BCUT2D eigenvalue weighted by Gasteiger charge is 2.42. The molecule has 0 aliphatic carbocycles. The third-order valence-electron chi connectivity index (χ3n) is 8.25. The molecule has 266 valence electrons. The van der Waals surface area contributed by atoms with Crippen molar-refractivity contribution in [1.82, 2.24) is 20.5 Å². The van der Waals surface area contributed by atoms with Crippen molar-refractivity contribution in [3.8, 4) is 5.75 Å². The second-order valence-corrected chi connectivity index (χ2v) is 12.0. The molecular weight excluding hydrogens is 647 g/mol. The van der Waals surface area contributed by atoms with Crippen molar-refractivity contribution in [2.75, 3.05) is 44.6 Å². The van der Waals surface area contributed by atoms with E-state index < -0.39 is 24.4 Å². The van der Waals surface area contributed by atoms with Crippen LogP contribution in [0.1, 0.15) is 55.8 Å². The molecule has 0 bridgehead atoms. The quantitative estimate of drug-likeness (QED) is 0.0975. The van der Waals surface area contributed by atoms with Gasteiger partial charge in [0.15, 0.2) is 0 Å². The number of likely N-dealkylation sites (tertiary alicyclic amines) is 1. The third-order valence-corrected chi connectivity index (χ3v) is 8.25. The average Bonchev–Trinajstić information content (AvgIpc) is 3.06. The number of aromatic hydroxyl groups is 1. The van der Waals surface area contributed by atoms with Crippen LogP contribution in [0.4, 0.5) is 18.9 Å². The number of H-pyrrole nitrogens is 1. The number of phenolic OH excluding ortho intramolecular Hbond substituents is 1. The molecule has 1 aliphatic heterocycles. The highest BCUT2D eigenvalue weighted by Crippen LogP contribution is 2.28. The number of hydrogen-bond donors (Lipinski definition) is 6. The number of carbonyl (C=O) groups is 3. The summed E-state index contributed by atoms with van der Waals surface area (Å²) in [5.41, 5.74) is 2.17. The standard InChI is InChI=1S/C34H42F3N5O7/c35-34(36,37)33(48)49-24-12-17-42(18-13-24)19-14-29(45)39-15-2-1-6-30(46)40-23-5-3-4-22(20-23)11-16-38-21-28(44)25-7-9-27(43)32-26(25)8-10-31(47)41-32/h3-5,7-10,20,24,28,38,43-44H,1-2,6,11-19,21H2,(H,39,45)(H,40,46)(H,41,47)/t28-/m0/s1. The van der Waals surface area contributed by atoms with Crippen LogP contribution >= 0.6 is 0 Å². The normalized spacial score (nSPS) is 14.8. The highest BCUT2D eigenvalue weighted by atomic mass is 19.4. The SMILES string of the molecule is O=C(CCN1CCC(OC(=O)C(F)(F)F)CC1)NCCCCC(=O)Nc1cccc(CCNC[C@H](O)c2ccc(O)c3[nH]c(=O)ccc23)c1. The van der Waals surface area contributed by atoms with Gasteiger partial charge in [0.25, 0.3) is 0 Å². The number of benzene rings is 2. The van der Waals surface area contributed by atoms with Gasteiger partial charge >= 0.3 is 12.1 Å². The van der Waals surface area contributed by atoms with Gasteiger partial charge in [0, 0.05) is 62.7 Å². The zero-order valence-electron chi connectivity index (χ0n) is 27.0. The number of halogens is 3. The molecule has 0 saturated carbocycles. The molecule has 0 radical (unpaired) electrons. The number of hydrogen-bond acceptors (Lipinski definition) is 9. The number of ether oxygens (including phenoxy) is 1. The smallest absolute Gasteiger partial charge is 0.490 e. The summed E-state index contributed by atoms with van der Waals surface area (Å²) >= 11 is 0. The lowest BCUT2D eigenvalue weighted by molar-refractivity contribution is -0.206. The molecule has 12 nitrogen and oxygen atoms in total. The molecule has 1 fully saturated rings. The van der Waals surface area contributed by atoms with E-state index in [4.69, 9.17) is 0 Å². The van der Waals surface area contributed by atoms with E-state index in [0.717, 1.165) is 5.56 Å². The van der Waals surface area contributed by atoms with Crippen molar-refractivity contribution in [2.45, 2.75) is 63.3 Å². The summed E-state index contributed by atoms with van der Waals surface area (Å²) in [6, 6.07) is 13.5. The largest absolute Gasteiger partial charge is 0.506 e. The molecule has 2 amide bonds. The Hall–Kier alpha value is -4.47. The number of carbonyl (C=O) groups excluding carboxylic acids is 3. The lowest BCUT2D eigenvalue weighted by Crippen LogP contribution is -2.41. The van der Waals surface area contributed by atoms with E-state index in [2.05, 4.69) is 25.7 Å². The lowest BCUT2D eigenvalue weighted by Gasteiger charge is -2.31. The number of alkyl halides is 3. The molecule has 2 heterocycles. The number of nitrogens with one attached hydrogen (secondary N) is 4. The lowest BCUT2D eigenvalue weighted by atomic mass is 10.0. The molecule has 1 atom stereocenters. The van der Waals surface area contributed by atoms with E-state index in [-0.39, 0.29) is 60.9 Å². The van der Waals surface area contributed by atoms with Gasteiger partial charge in [-0.2, -0.15) is 13.2 Å². The van der Waals surface area contributed by atoms with Gasteiger partial charge in [-0.05, 0) is 74.0 Å². The minimum Gasteiger partial charge on any atom is -0.506 e. The van der Waals surface area contributed by atoms with E-state index in [1.165, 1.54) is 12.1 Å². The van der Waals surface area contributed by atoms with Gasteiger partial charge < -0.3 is 40.8 Å². The number of phenols is 1. The maximum absolute atomic E-state index is 12.5. The first-order valence-corrected chi connectivity index (χ1v) is 16.3. The summed E-state index contributed by atoms with van der Waals surface area (Å²) < 4.78 is 41.6. The monoisotopic (exact) mass is 689 g/mol. The molecule has 0 unspecified atom stereocenters. The number of fused-ring (bicyclic) bond motifs is 1. The summed E-state index contributed by atoms with van der Waals surface area (Å²) in [5, 5.41) is 30.3. The van der Waals surface area contributed by atoms with Crippen LogP contribution in [0.2, 0.25) is 0 Å². The van der Waals surface area contributed by atoms with Crippen LogP contribution < -0.4 is 21.5 Å². The maximum Gasteiger partial charge on any atom is 0.490 e. The topological polar surface area (TPSA) is 173 Å². The van der Waals surface area contributed by atoms with Crippen molar-refractivity contribution < 1.29 is 42.5 Å². The second-order valence-electron chi connectivity index (χ2n) is 12.0. The number of unbranched alkanes of at least 4 members (excludes halogenated alkanes) is 1. The zero-order chi connectivity index (χ0) is 35.4. The number of amides is 2. The number of rotatable bonds is 16. The Morgan fingerprint density at radius 3 is 2.53 bits per heavy atom. The number of piperidine rings is 1. The first-order valence-electron chi connectivity index (χ1n) is 16.3. The minimum atomic E-state index is -5.00. The maximum atomic E-state index is 12.5. The molecule has 15 heteroatoms. The number of aliphatic hydroxyl groups is 1. The van der Waals surface area contributed by atoms with Crippen molar-refractivity contribution in [3.05, 3.63) is 70.0 Å². The van der Waals surface area contributed by atoms with Crippen LogP contribution in [0.25, 0.3) is 10.9 Å². The van der Waals surface area contributed by atoms with Gasteiger partial charge in [0.1, 0.15) is 11.9 Å². The van der Waals surface area contributed by atoms with Crippen LogP contribution in [0.5, 0.6) is 5.75 Å². The molecule has 2 aromatic carbocycles. The van der Waals surface area contributed by atoms with E-state index in [9.17, 15) is 42.6 Å². The van der Waals surface area contributed by atoms with Crippen LogP contribution in [-0.4, -0.2) is 89.4 Å². The second kappa shape index (κ2) is 17.8. The van der Waals surface area contributed by atoms with Crippen molar-refractivity contribution >= 4 is 34.4 Å². The molecule has 1 saturated heterocycles. The van der Waals surface area contributed by atoms with Crippen LogP contribution in [0, 0.1) is 0 Å². The number of anilines is 1. The number of nitrogens with zero attached hydrogens (tertiary/aromatic N) is 1. The van der Waals surface area contributed by atoms with E-state index in [1.54, 1.807) is 18.2 Å². The van der Waals surface area contributed by atoms with Gasteiger partial charge in [-0.1, -0.05) is 18.2 Å². The molecule has 3 aromatic rings. The molecule has 6 N–H and O–H groups in total. The predicted molar refractivity (Wildman–Crippen MR) is 176 cm³/mol. The fourth-order valence-corrected chi connectivity index (χ4v) is 5.61. The van der Waals surface area contributed by atoms with Crippen molar-refractivity contribution in [3.63, 3.8) is 0 Å².